The summed E-state index contributed by atoms with van der Waals surface area (Å²) in [4.78, 5) is 2.51. The summed E-state index contributed by atoms with van der Waals surface area (Å²) in [6.45, 7) is 7.64. The molecule has 1 aromatic rings. The number of hydrogen-bond donors (Lipinski definition) is 1. The highest BCUT2D eigenvalue weighted by molar-refractivity contribution is 5.58. The molecule has 2 heteroatoms. The van der Waals surface area contributed by atoms with Crippen LogP contribution in [0.25, 0.3) is 0 Å². The quantitative estimate of drug-likeness (QED) is 0.844. The zero-order valence-electron chi connectivity index (χ0n) is 10.4. The maximum atomic E-state index is 5.63. The van der Waals surface area contributed by atoms with Gasteiger partial charge in [0.2, 0.25) is 0 Å². The normalized spacial score (nSPS) is 15.8. The third-order valence-electron chi connectivity index (χ3n) is 3.73. The number of benzene rings is 1. The second kappa shape index (κ2) is 4.88. The van der Waals surface area contributed by atoms with E-state index in [9.17, 15) is 0 Å². The van der Waals surface area contributed by atoms with Gasteiger partial charge in [-0.2, -0.15) is 0 Å². The van der Waals surface area contributed by atoms with Crippen molar-refractivity contribution in [2.24, 2.45) is 5.73 Å². The van der Waals surface area contributed by atoms with E-state index in [1.807, 2.05) is 0 Å². The number of anilines is 1. The van der Waals surface area contributed by atoms with Crippen molar-refractivity contribution >= 4 is 5.69 Å². The second-order valence-corrected chi connectivity index (χ2v) is 4.73. The molecule has 0 unspecified atom stereocenters. The molecule has 1 aliphatic rings. The summed E-state index contributed by atoms with van der Waals surface area (Å²) in [5.41, 5.74) is 11.3. The van der Waals surface area contributed by atoms with E-state index in [-0.39, 0.29) is 0 Å². The monoisotopic (exact) mass is 218 g/mol. The third-order valence-corrected chi connectivity index (χ3v) is 3.73. The van der Waals surface area contributed by atoms with Crippen LogP contribution in [0, 0.1) is 13.8 Å². The number of hydrogen-bond acceptors (Lipinski definition) is 2. The van der Waals surface area contributed by atoms with E-state index < -0.39 is 0 Å². The lowest BCUT2D eigenvalue weighted by Gasteiger charge is -2.22. The third kappa shape index (κ3) is 2.07. The zero-order valence-corrected chi connectivity index (χ0v) is 10.4. The van der Waals surface area contributed by atoms with Gasteiger partial charge in [0.25, 0.3) is 0 Å². The van der Waals surface area contributed by atoms with E-state index in [0.29, 0.717) is 0 Å². The lowest BCUT2D eigenvalue weighted by atomic mass is 9.99. The topological polar surface area (TPSA) is 29.3 Å². The van der Waals surface area contributed by atoms with E-state index in [4.69, 9.17) is 5.73 Å². The minimum atomic E-state index is 0.739. The first-order chi connectivity index (χ1) is 7.74. The largest absolute Gasteiger partial charge is 0.371 e. The van der Waals surface area contributed by atoms with Gasteiger partial charge in [0.15, 0.2) is 0 Å². The van der Waals surface area contributed by atoms with Gasteiger partial charge in [-0.05, 0) is 62.4 Å². The Kier molecular flexibility index (Phi) is 3.49. The molecule has 0 aliphatic carbocycles. The molecule has 0 saturated carbocycles. The summed E-state index contributed by atoms with van der Waals surface area (Å²) in [6.07, 6.45) is 3.67. The summed E-state index contributed by atoms with van der Waals surface area (Å²) in [7, 11) is 0. The van der Waals surface area contributed by atoms with Gasteiger partial charge in [0.05, 0.1) is 0 Å². The zero-order chi connectivity index (χ0) is 11.5. The molecule has 2 rings (SSSR count). The van der Waals surface area contributed by atoms with Crippen molar-refractivity contribution < 1.29 is 0 Å². The second-order valence-electron chi connectivity index (χ2n) is 4.73. The molecular weight excluding hydrogens is 196 g/mol. The summed E-state index contributed by atoms with van der Waals surface area (Å²) >= 11 is 0. The number of rotatable bonds is 3. The molecular formula is C14H22N2. The van der Waals surface area contributed by atoms with Crippen LogP contribution in [0.4, 0.5) is 5.69 Å². The molecule has 0 spiro atoms. The Bertz CT molecular complexity index is 365. The summed E-state index contributed by atoms with van der Waals surface area (Å²) in [5, 5.41) is 0. The van der Waals surface area contributed by atoms with E-state index in [1.165, 1.54) is 48.3 Å². The molecule has 1 aromatic carbocycles. The molecule has 88 valence electrons. The number of nitrogens with zero attached hydrogens (tertiary/aromatic N) is 1. The molecule has 1 heterocycles. The molecule has 0 amide bonds. The molecule has 0 atom stereocenters. The fourth-order valence-electron chi connectivity index (χ4n) is 2.59. The van der Waals surface area contributed by atoms with E-state index in [2.05, 4.69) is 30.9 Å². The molecule has 16 heavy (non-hydrogen) atoms. The van der Waals surface area contributed by atoms with Crippen molar-refractivity contribution in [3.05, 3.63) is 28.8 Å². The van der Waals surface area contributed by atoms with E-state index in [1.54, 1.807) is 0 Å². The Morgan fingerprint density at radius 2 is 1.81 bits per heavy atom. The van der Waals surface area contributed by atoms with Crippen LogP contribution in [0.15, 0.2) is 12.1 Å². The van der Waals surface area contributed by atoms with Gasteiger partial charge in [-0.3, -0.25) is 0 Å². The Hall–Kier alpha value is -1.02. The Morgan fingerprint density at radius 3 is 2.44 bits per heavy atom. The van der Waals surface area contributed by atoms with Gasteiger partial charge in [-0.1, -0.05) is 6.07 Å². The van der Waals surface area contributed by atoms with Crippen molar-refractivity contribution in [3.63, 3.8) is 0 Å². The first-order valence-electron chi connectivity index (χ1n) is 6.28. The minimum absolute atomic E-state index is 0.739. The van der Waals surface area contributed by atoms with Crippen LogP contribution < -0.4 is 10.6 Å². The van der Waals surface area contributed by atoms with Crippen molar-refractivity contribution in [2.45, 2.75) is 33.1 Å². The molecule has 0 radical (unpaired) electrons. The van der Waals surface area contributed by atoms with Crippen LogP contribution in [0.1, 0.15) is 29.5 Å². The number of nitrogens with two attached hydrogens (primary N) is 1. The SMILES string of the molecule is Cc1c(CCN)ccc(N2CCCC2)c1C. The summed E-state index contributed by atoms with van der Waals surface area (Å²) < 4.78 is 0. The first-order valence-corrected chi connectivity index (χ1v) is 6.28. The lowest BCUT2D eigenvalue weighted by Crippen LogP contribution is -2.19. The van der Waals surface area contributed by atoms with Crippen LogP contribution in [0.3, 0.4) is 0 Å². The van der Waals surface area contributed by atoms with Crippen molar-refractivity contribution in [3.8, 4) is 0 Å². The van der Waals surface area contributed by atoms with E-state index in [0.717, 1.165) is 13.0 Å². The molecule has 1 aliphatic heterocycles. The molecule has 0 aromatic heterocycles. The minimum Gasteiger partial charge on any atom is -0.371 e. The fourth-order valence-corrected chi connectivity index (χ4v) is 2.59. The van der Waals surface area contributed by atoms with Gasteiger partial charge in [0, 0.05) is 18.8 Å². The highest BCUT2D eigenvalue weighted by Gasteiger charge is 2.15. The van der Waals surface area contributed by atoms with Crippen LogP contribution in [0.2, 0.25) is 0 Å². The summed E-state index contributed by atoms with van der Waals surface area (Å²) in [5.74, 6) is 0. The highest BCUT2D eigenvalue weighted by Crippen LogP contribution is 2.28. The maximum absolute atomic E-state index is 5.63. The average Bonchev–Trinajstić information content (AvgIpc) is 2.79. The molecule has 1 fully saturated rings. The first kappa shape index (κ1) is 11.5. The van der Waals surface area contributed by atoms with Crippen molar-refractivity contribution in [1.29, 1.82) is 0 Å². The van der Waals surface area contributed by atoms with Crippen LogP contribution in [-0.2, 0) is 6.42 Å². The Morgan fingerprint density at radius 1 is 1.12 bits per heavy atom. The average molecular weight is 218 g/mol. The smallest absolute Gasteiger partial charge is 0.0398 e. The van der Waals surface area contributed by atoms with Crippen molar-refractivity contribution in [1.82, 2.24) is 0 Å². The van der Waals surface area contributed by atoms with E-state index >= 15 is 0 Å². The predicted octanol–water partition coefficient (Wildman–Crippen LogP) is 2.40. The van der Waals surface area contributed by atoms with Crippen LogP contribution in [-0.4, -0.2) is 19.6 Å². The Labute approximate surface area is 98.4 Å². The standard InChI is InChI=1S/C14H22N2/c1-11-12(2)14(16-9-3-4-10-16)6-5-13(11)7-8-15/h5-6H,3-4,7-10,15H2,1-2H3. The van der Waals surface area contributed by atoms with Crippen LogP contribution in [0.5, 0.6) is 0 Å². The van der Waals surface area contributed by atoms with Crippen molar-refractivity contribution in [2.75, 3.05) is 24.5 Å². The maximum Gasteiger partial charge on any atom is 0.0398 e. The molecule has 2 N–H and O–H groups in total. The fraction of sp³-hybridized carbons (Fsp3) is 0.571. The van der Waals surface area contributed by atoms with Gasteiger partial charge in [-0.15, -0.1) is 0 Å². The molecule has 1 saturated heterocycles. The van der Waals surface area contributed by atoms with Gasteiger partial charge in [-0.25, -0.2) is 0 Å². The lowest BCUT2D eigenvalue weighted by molar-refractivity contribution is 0.934. The Balaban J connectivity index is 2.30. The molecule has 0 bridgehead atoms. The summed E-state index contributed by atoms with van der Waals surface area (Å²) in [6, 6.07) is 4.53. The van der Waals surface area contributed by atoms with Gasteiger partial charge < -0.3 is 10.6 Å². The van der Waals surface area contributed by atoms with Gasteiger partial charge >= 0.3 is 0 Å². The van der Waals surface area contributed by atoms with Gasteiger partial charge in [0.1, 0.15) is 0 Å². The highest BCUT2D eigenvalue weighted by atomic mass is 15.1. The molecule has 2 nitrogen and oxygen atoms in total. The van der Waals surface area contributed by atoms with Crippen LogP contribution >= 0.6 is 0 Å². The predicted molar refractivity (Wildman–Crippen MR) is 70.1 cm³/mol.